The summed E-state index contributed by atoms with van der Waals surface area (Å²) >= 11 is 0. The van der Waals surface area contributed by atoms with Crippen molar-refractivity contribution in [3.63, 3.8) is 0 Å². The Bertz CT molecular complexity index is 1020. The van der Waals surface area contributed by atoms with Crippen LogP contribution in [0.4, 0.5) is 5.69 Å². The number of carbonyl (C=O) groups excluding carboxylic acids is 1. The van der Waals surface area contributed by atoms with Crippen LogP contribution in [0.5, 0.6) is 23.0 Å². The largest absolute Gasteiger partial charge is 0.493 e. The van der Waals surface area contributed by atoms with Gasteiger partial charge in [-0.3, -0.25) is 4.79 Å². The predicted octanol–water partition coefficient (Wildman–Crippen LogP) is 4.87. The molecule has 3 aromatic rings. The Morgan fingerprint density at radius 1 is 0.903 bits per heavy atom. The van der Waals surface area contributed by atoms with Crippen molar-refractivity contribution in [2.45, 2.75) is 13.0 Å². The van der Waals surface area contributed by atoms with Crippen LogP contribution < -0.4 is 19.5 Å². The van der Waals surface area contributed by atoms with Crippen LogP contribution in [0.3, 0.4) is 0 Å². The second-order valence-corrected chi connectivity index (χ2v) is 6.49. The first-order valence-corrected chi connectivity index (χ1v) is 9.64. The number of ether oxygens (including phenoxy) is 3. The number of anilines is 1. The van der Waals surface area contributed by atoms with Gasteiger partial charge in [-0.1, -0.05) is 29.4 Å². The molecule has 0 aliphatic carbocycles. The number of nitrogens with one attached hydrogen (secondary N) is 1. The minimum atomic E-state index is -0.798. The molecule has 0 spiro atoms. The average molecular weight is 420 g/mol. The van der Waals surface area contributed by atoms with E-state index in [2.05, 4.69) is 10.5 Å². The van der Waals surface area contributed by atoms with Gasteiger partial charge in [0, 0.05) is 11.3 Å². The Morgan fingerprint density at radius 2 is 1.61 bits per heavy atom. The highest BCUT2D eigenvalue weighted by atomic mass is 16.6. The van der Waals surface area contributed by atoms with Gasteiger partial charge < -0.3 is 24.4 Å². The Balaban J connectivity index is 1.54. The first-order valence-electron chi connectivity index (χ1n) is 9.64. The molecule has 0 aromatic heterocycles. The Hall–Kier alpha value is -4.00. The fourth-order valence-electron chi connectivity index (χ4n) is 2.71. The van der Waals surface area contributed by atoms with Crippen molar-refractivity contribution in [1.82, 2.24) is 0 Å². The lowest BCUT2D eigenvalue weighted by molar-refractivity contribution is -0.126. The molecule has 7 nitrogen and oxygen atoms in total. The summed E-state index contributed by atoms with van der Waals surface area (Å²) in [7, 11) is 3.10. The lowest BCUT2D eigenvalue weighted by Crippen LogP contribution is -2.26. The zero-order valence-electron chi connectivity index (χ0n) is 17.6. The van der Waals surface area contributed by atoms with E-state index >= 15 is 0 Å². The maximum atomic E-state index is 12.4. The van der Waals surface area contributed by atoms with Crippen LogP contribution in [-0.2, 0) is 9.63 Å². The standard InChI is InChI=1S/C24H24N2O5/c1-17(31-25-16-18-8-7-11-22(28-2)23(18)29-3)24(27)26-19-12-14-21(15-13-19)30-20-9-5-4-6-10-20/h4-17H,1-3H3,(H,26,27)/b25-16-/t17-/m1/s1. The van der Waals surface area contributed by atoms with E-state index in [-0.39, 0.29) is 5.91 Å². The number of para-hydroxylation sites is 2. The number of hydrogen-bond donors (Lipinski definition) is 1. The fraction of sp³-hybridized carbons (Fsp3) is 0.167. The van der Waals surface area contributed by atoms with Gasteiger partial charge in [0.05, 0.1) is 20.4 Å². The zero-order valence-corrected chi connectivity index (χ0v) is 17.6. The number of carbonyl (C=O) groups is 1. The van der Waals surface area contributed by atoms with Crippen molar-refractivity contribution in [3.8, 4) is 23.0 Å². The maximum absolute atomic E-state index is 12.4. The molecule has 3 rings (SSSR count). The number of amides is 1. The van der Waals surface area contributed by atoms with E-state index in [0.717, 1.165) is 5.75 Å². The molecule has 0 aliphatic rings. The summed E-state index contributed by atoms with van der Waals surface area (Å²) in [5, 5.41) is 6.69. The minimum absolute atomic E-state index is 0.327. The molecule has 0 heterocycles. The lowest BCUT2D eigenvalue weighted by atomic mass is 10.2. The van der Waals surface area contributed by atoms with Crippen LogP contribution in [-0.4, -0.2) is 32.4 Å². The Labute approximate surface area is 181 Å². The third-order valence-corrected chi connectivity index (χ3v) is 4.31. The van der Waals surface area contributed by atoms with E-state index < -0.39 is 6.10 Å². The van der Waals surface area contributed by atoms with Crippen molar-refractivity contribution in [2.75, 3.05) is 19.5 Å². The summed E-state index contributed by atoms with van der Waals surface area (Å²) in [6.07, 6.45) is 0.675. The van der Waals surface area contributed by atoms with E-state index in [1.165, 1.54) is 6.21 Å². The van der Waals surface area contributed by atoms with Crippen LogP contribution in [0.15, 0.2) is 78.0 Å². The highest BCUT2D eigenvalue weighted by Crippen LogP contribution is 2.29. The highest BCUT2D eigenvalue weighted by molar-refractivity contribution is 5.94. The molecule has 0 aliphatic heterocycles. The summed E-state index contributed by atoms with van der Waals surface area (Å²) in [5.41, 5.74) is 1.29. The van der Waals surface area contributed by atoms with Crippen molar-refractivity contribution in [1.29, 1.82) is 0 Å². The normalized spacial score (nSPS) is 11.6. The monoisotopic (exact) mass is 420 g/mol. The van der Waals surface area contributed by atoms with Gasteiger partial charge in [0.25, 0.3) is 5.91 Å². The summed E-state index contributed by atoms with van der Waals surface area (Å²) in [5.74, 6) is 2.20. The van der Waals surface area contributed by atoms with Gasteiger partial charge in [0.2, 0.25) is 6.10 Å². The molecule has 1 N–H and O–H groups in total. The van der Waals surface area contributed by atoms with Crippen LogP contribution in [0, 0.1) is 0 Å². The van der Waals surface area contributed by atoms with Crippen molar-refractivity contribution in [2.24, 2.45) is 5.16 Å². The number of methoxy groups -OCH3 is 2. The second kappa shape index (κ2) is 10.7. The van der Waals surface area contributed by atoms with Crippen molar-refractivity contribution in [3.05, 3.63) is 78.4 Å². The van der Waals surface area contributed by atoms with Gasteiger partial charge in [-0.25, -0.2) is 0 Å². The third-order valence-electron chi connectivity index (χ3n) is 4.31. The topological polar surface area (TPSA) is 78.4 Å². The molecular formula is C24H24N2O5. The number of rotatable bonds is 9. The molecule has 0 unspecified atom stereocenters. The molecule has 3 aromatic carbocycles. The second-order valence-electron chi connectivity index (χ2n) is 6.49. The quantitative estimate of drug-likeness (QED) is 0.395. The first kappa shape index (κ1) is 21.7. The maximum Gasteiger partial charge on any atom is 0.267 e. The molecule has 160 valence electrons. The van der Waals surface area contributed by atoms with Crippen LogP contribution >= 0.6 is 0 Å². The predicted molar refractivity (Wildman–Crippen MR) is 119 cm³/mol. The number of hydrogen-bond acceptors (Lipinski definition) is 6. The van der Waals surface area contributed by atoms with Gasteiger partial charge in [-0.05, 0) is 55.5 Å². The van der Waals surface area contributed by atoms with Gasteiger partial charge >= 0.3 is 0 Å². The number of benzene rings is 3. The lowest BCUT2D eigenvalue weighted by Gasteiger charge is -2.12. The minimum Gasteiger partial charge on any atom is -0.493 e. The molecule has 0 bridgehead atoms. The van der Waals surface area contributed by atoms with Gasteiger partial charge in [-0.2, -0.15) is 0 Å². The van der Waals surface area contributed by atoms with Gasteiger partial charge in [-0.15, -0.1) is 0 Å². The molecule has 7 heteroatoms. The van der Waals surface area contributed by atoms with Gasteiger partial charge in [0.1, 0.15) is 11.5 Å². The number of nitrogens with zero attached hydrogens (tertiary/aromatic N) is 1. The summed E-state index contributed by atoms with van der Waals surface area (Å²) in [6.45, 7) is 1.61. The molecule has 0 radical (unpaired) electrons. The van der Waals surface area contributed by atoms with Crippen molar-refractivity contribution < 1.29 is 23.8 Å². The highest BCUT2D eigenvalue weighted by Gasteiger charge is 2.15. The molecule has 1 atom stereocenters. The van der Waals surface area contributed by atoms with E-state index in [1.807, 2.05) is 36.4 Å². The summed E-state index contributed by atoms with van der Waals surface area (Å²) in [6, 6.07) is 21.9. The molecule has 31 heavy (non-hydrogen) atoms. The Kier molecular flexibility index (Phi) is 7.48. The SMILES string of the molecule is COc1cccc(/C=N\O[C@H](C)C(=O)Nc2ccc(Oc3ccccc3)cc2)c1OC. The van der Waals surface area contributed by atoms with Crippen LogP contribution in [0.25, 0.3) is 0 Å². The summed E-state index contributed by atoms with van der Waals surface area (Å²) in [4.78, 5) is 17.7. The average Bonchev–Trinajstić information content (AvgIpc) is 2.80. The number of oxime groups is 1. The first-order chi connectivity index (χ1) is 15.1. The third kappa shape index (κ3) is 5.99. The Morgan fingerprint density at radius 3 is 2.29 bits per heavy atom. The fourth-order valence-corrected chi connectivity index (χ4v) is 2.71. The molecule has 0 fully saturated rings. The molecular weight excluding hydrogens is 396 g/mol. The molecule has 0 saturated heterocycles. The van der Waals surface area contributed by atoms with Crippen molar-refractivity contribution >= 4 is 17.8 Å². The smallest absolute Gasteiger partial charge is 0.267 e. The van der Waals surface area contributed by atoms with Crippen LogP contribution in [0.2, 0.25) is 0 Å². The van der Waals surface area contributed by atoms with E-state index in [9.17, 15) is 4.79 Å². The van der Waals surface area contributed by atoms with E-state index in [1.54, 1.807) is 57.5 Å². The summed E-state index contributed by atoms with van der Waals surface area (Å²) < 4.78 is 16.3. The van der Waals surface area contributed by atoms with E-state index in [0.29, 0.717) is 28.5 Å². The zero-order chi connectivity index (χ0) is 22.1. The van der Waals surface area contributed by atoms with E-state index in [4.69, 9.17) is 19.0 Å². The van der Waals surface area contributed by atoms with Crippen LogP contribution in [0.1, 0.15) is 12.5 Å². The molecule has 1 amide bonds. The molecule has 0 saturated carbocycles. The van der Waals surface area contributed by atoms with Gasteiger partial charge in [0.15, 0.2) is 11.5 Å².